The van der Waals surface area contributed by atoms with Crippen molar-refractivity contribution in [2.24, 2.45) is 5.73 Å². The number of benzene rings is 1. The van der Waals surface area contributed by atoms with E-state index in [0.29, 0.717) is 17.0 Å². The molecule has 0 saturated heterocycles. The summed E-state index contributed by atoms with van der Waals surface area (Å²) in [5, 5.41) is 9.17. The molecule has 20 heavy (non-hydrogen) atoms. The number of hydrogen-bond acceptors (Lipinski definition) is 4. The van der Waals surface area contributed by atoms with Crippen molar-refractivity contribution in [3.63, 3.8) is 0 Å². The van der Waals surface area contributed by atoms with Gasteiger partial charge in [0.2, 0.25) is 0 Å². The number of rotatable bonds is 3. The van der Waals surface area contributed by atoms with Gasteiger partial charge in [-0.2, -0.15) is 5.10 Å². The van der Waals surface area contributed by atoms with E-state index in [9.17, 15) is 4.79 Å². The van der Waals surface area contributed by atoms with E-state index in [2.05, 4.69) is 32.3 Å². The number of carbonyl (C=O) groups excluding carboxylic acids is 1. The Bertz CT molecular complexity index is 652. The highest BCUT2D eigenvalue weighted by atomic mass is 16.1. The first-order valence-electron chi connectivity index (χ1n) is 6.12. The van der Waals surface area contributed by atoms with Crippen LogP contribution in [0, 0.1) is 18.8 Å². The second kappa shape index (κ2) is 6.50. The summed E-state index contributed by atoms with van der Waals surface area (Å²) in [5.74, 6) is 6.07. The maximum Gasteiger partial charge on any atom is 0.252 e. The second-order valence-electron chi connectivity index (χ2n) is 4.17. The number of H-pyrrole nitrogens is 1. The van der Waals surface area contributed by atoms with Crippen LogP contribution in [0.3, 0.4) is 0 Å². The van der Waals surface area contributed by atoms with Crippen molar-refractivity contribution in [2.75, 3.05) is 6.54 Å². The molecule has 0 aliphatic rings. The standard InChI is InChI=1S/C14H15N5O/c1-10-4-5-12(11(7-10)3-2-6-15)14(20)16-8-13-17-9-18-19-13/h4-5,7,9H,6,8,15H2,1H3,(H,16,20)(H,17,18,19). The summed E-state index contributed by atoms with van der Waals surface area (Å²) in [7, 11) is 0. The van der Waals surface area contributed by atoms with Crippen LogP contribution in [0.15, 0.2) is 24.5 Å². The molecule has 4 N–H and O–H groups in total. The number of nitrogens with one attached hydrogen (secondary N) is 2. The molecule has 1 aromatic carbocycles. The van der Waals surface area contributed by atoms with Gasteiger partial charge < -0.3 is 11.1 Å². The highest BCUT2D eigenvalue weighted by molar-refractivity contribution is 5.96. The zero-order chi connectivity index (χ0) is 14.4. The predicted molar refractivity (Wildman–Crippen MR) is 74.7 cm³/mol. The number of nitrogens with zero attached hydrogens (tertiary/aromatic N) is 2. The van der Waals surface area contributed by atoms with E-state index in [4.69, 9.17) is 5.73 Å². The van der Waals surface area contributed by atoms with Crippen molar-refractivity contribution in [3.8, 4) is 11.8 Å². The molecule has 0 atom stereocenters. The highest BCUT2D eigenvalue weighted by Crippen LogP contribution is 2.11. The van der Waals surface area contributed by atoms with Crippen LogP contribution < -0.4 is 11.1 Å². The molecule has 0 saturated carbocycles. The van der Waals surface area contributed by atoms with Crippen LogP contribution in [-0.2, 0) is 6.54 Å². The van der Waals surface area contributed by atoms with Gasteiger partial charge in [-0.25, -0.2) is 4.98 Å². The van der Waals surface area contributed by atoms with Crippen LogP contribution >= 0.6 is 0 Å². The van der Waals surface area contributed by atoms with Crippen molar-refractivity contribution < 1.29 is 4.79 Å². The van der Waals surface area contributed by atoms with Gasteiger partial charge in [0.25, 0.3) is 5.91 Å². The van der Waals surface area contributed by atoms with Crippen LogP contribution in [0.25, 0.3) is 0 Å². The van der Waals surface area contributed by atoms with Crippen LogP contribution in [0.5, 0.6) is 0 Å². The first kappa shape index (κ1) is 13.8. The molecule has 2 aromatic rings. The maximum atomic E-state index is 12.2. The van der Waals surface area contributed by atoms with E-state index >= 15 is 0 Å². The van der Waals surface area contributed by atoms with Gasteiger partial charge in [-0.05, 0) is 24.6 Å². The third kappa shape index (κ3) is 3.43. The molecular weight excluding hydrogens is 254 g/mol. The molecule has 0 radical (unpaired) electrons. The van der Waals surface area contributed by atoms with Crippen molar-refractivity contribution in [1.82, 2.24) is 20.5 Å². The topological polar surface area (TPSA) is 96.7 Å². The molecule has 0 fully saturated rings. The van der Waals surface area contributed by atoms with Gasteiger partial charge >= 0.3 is 0 Å². The average Bonchev–Trinajstić information content (AvgIpc) is 2.96. The lowest BCUT2D eigenvalue weighted by Crippen LogP contribution is -2.24. The van der Waals surface area contributed by atoms with E-state index in [1.54, 1.807) is 6.07 Å². The van der Waals surface area contributed by atoms with E-state index in [0.717, 1.165) is 5.56 Å². The van der Waals surface area contributed by atoms with Gasteiger partial charge in [-0.15, -0.1) is 0 Å². The summed E-state index contributed by atoms with van der Waals surface area (Å²) in [6.07, 6.45) is 1.39. The Labute approximate surface area is 116 Å². The zero-order valence-electron chi connectivity index (χ0n) is 11.1. The number of carbonyl (C=O) groups is 1. The second-order valence-corrected chi connectivity index (χ2v) is 4.17. The van der Waals surface area contributed by atoms with E-state index in [1.165, 1.54) is 6.33 Å². The van der Waals surface area contributed by atoms with E-state index in [-0.39, 0.29) is 19.0 Å². The third-order valence-corrected chi connectivity index (χ3v) is 2.63. The van der Waals surface area contributed by atoms with Gasteiger partial charge in [0.05, 0.1) is 18.7 Å². The molecule has 0 spiro atoms. The van der Waals surface area contributed by atoms with Crippen molar-refractivity contribution in [2.45, 2.75) is 13.5 Å². The van der Waals surface area contributed by atoms with Crippen molar-refractivity contribution >= 4 is 5.91 Å². The minimum Gasteiger partial charge on any atom is -0.345 e. The first-order valence-corrected chi connectivity index (χ1v) is 6.12. The molecule has 1 heterocycles. The Hall–Kier alpha value is -2.65. The summed E-state index contributed by atoms with van der Waals surface area (Å²) in [6.45, 7) is 2.49. The normalized spacial score (nSPS) is 9.70. The number of aromatic nitrogens is 3. The molecule has 2 rings (SSSR count). The summed E-state index contributed by atoms with van der Waals surface area (Å²) in [4.78, 5) is 16.1. The summed E-state index contributed by atoms with van der Waals surface area (Å²) in [5.41, 5.74) is 7.61. The Morgan fingerprint density at radius 2 is 2.35 bits per heavy atom. The fraction of sp³-hybridized carbons (Fsp3) is 0.214. The van der Waals surface area contributed by atoms with E-state index < -0.39 is 0 Å². The highest BCUT2D eigenvalue weighted by Gasteiger charge is 2.10. The molecule has 1 aromatic heterocycles. The molecule has 0 unspecified atom stereocenters. The van der Waals surface area contributed by atoms with Crippen LogP contribution in [-0.4, -0.2) is 27.6 Å². The Kier molecular flexibility index (Phi) is 4.47. The molecular formula is C14H15N5O. The van der Waals surface area contributed by atoms with Crippen LogP contribution in [0.1, 0.15) is 27.3 Å². The molecule has 0 aliphatic heterocycles. The molecule has 102 valence electrons. The molecule has 0 bridgehead atoms. The lowest BCUT2D eigenvalue weighted by Gasteiger charge is -2.06. The van der Waals surface area contributed by atoms with Gasteiger partial charge in [-0.3, -0.25) is 9.89 Å². The third-order valence-electron chi connectivity index (χ3n) is 2.63. The van der Waals surface area contributed by atoms with E-state index in [1.807, 2.05) is 19.1 Å². The fourth-order valence-corrected chi connectivity index (χ4v) is 1.68. The zero-order valence-corrected chi connectivity index (χ0v) is 11.1. The SMILES string of the molecule is Cc1ccc(C(=O)NCc2ncn[nH]2)c(C#CCN)c1. The fourth-order valence-electron chi connectivity index (χ4n) is 1.68. The number of nitrogens with two attached hydrogens (primary N) is 1. The summed E-state index contributed by atoms with van der Waals surface area (Å²) >= 11 is 0. The quantitative estimate of drug-likeness (QED) is 0.701. The Morgan fingerprint density at radius 3 is 3.05 bits per heavy atom. The lowest BCUT2D eigenvalue weighted by molar-refractivity contribution is 0.0949. The molecule has 6 nitrogen and oxygen atoms in total. The number of aryl methyl sites for hydroxylation is 1. The maximum absolute atomic E-state index is 12.2. The summed E-state index contributed by atoms with van der Waals surface area (Å²) < 4.78 is 0. The largest absolute Gasteiger partial charge is 0.345 e. The smallest absolute Gasteiger partial charge is 0.252 e. The molecule has 0 aliphatic carbocycles. The van der Waals surface area contributed by atoms with Gasteiger partial charge in [0.1, 0.15) is 12.2 Å². The Balaban J connectivity index is 2.16. The van der Waals surface area contributed by atoms with Gasteiger partial charge in [0.15, 0.2) is 0 Å². The number of hydrogen-bond donors (Lipinski definition) is 3. The van der Waals surface area contributed by atoms with Gasteiger partial charge in [-0.1, -0.05) is 17.9 Å². The minimum atomic E-state index is -0.206. The Morgan fingerprint density at radius 1 is 1.50 bits per heavy atom. The lowest BCUT2D eigenvalue weighted by atomic mass is 10.0. The predicted octanol–water partition coefficient (Wildman–Crippen LogP) is 0.353. The minimum absolute atomic E-state index is 0.206. The molecule has 1 amide bonds. The number of amides is 1. The summed E-state index contributed by atoms with van der Waals surface area (Å²) in [6, 6.07) is 5.49. The van der Waals surface area contributed by atoms with Crippen LogP contribution in [0.4, 0.5) is 0 Å². The van der Waals surface area contributed by atoms with Gasteiger partial charge in [0, 0.05) is 5.56 Å². The first-order chi connectivity index (χ1) is 9.70. The van der Waals surface area contributed by atoms with Crippen LogP contribution in [0.2, 0.25) is 0 Å². The van der Waals surface area contributed by atoms with Crippen molar-refractivity contribution in [3.05, 3.63) is 47.0 Å². The van der Waals surface area contributed by atoms with Crippen molar-refractivity contribution in [1.29, 1.82) is 0 Å². The monoisotopic (exact) mass is 269 g/mol. The molecule has 6 heteroatoms. The average molecular weight is 269 g/mol. The number of aromatic amines is 1.